The van der Waals surface area contributed by atoms with Crippen molar-refractivity contribution in [3.8, 4) is 5.88 Å². The molecule has 160 valence electrons. The molecule has 0 bridgehead atoms. The minimum Gasteiger partial charge on any atom is -0.481 e. The van der Waals surface area contributed by atoms with Gasteiger partial charge in [0.15, 0.2) is 0 Å². The number of carbonyl (C=O) groups is 2. The SMILES string of the molecule is COc1ccc2c(n1)CCN(C(=O)O)[C@@H]2C(=O)Nc1cc(F)c([Si](C)(C)C)c(F)c1. The van der Waals surface area contributed by atoms with Crippen molar-refractivity contribution in [3.63, 3.8) is 0 Å². The molecule has 2 aromatic rings. The molecule has 10 heteroatoms. The maximum atomic E-state index is 14.5. The smallest absolute Gasteiger partial charge is 0.408 e. The first-order chi connectivity index (χ1) is 14.0. The van der Waals surface area contributed by atoms with Gasteiger partial charge in [-0.25, -0.2) is 18.6 Å². The minimum absolute atomic E-state index is 0.0481. The molecule has 0 spiro atoms. The van der Waals surface area contributed by atoms with E-state index in [2.05, 4.69) is 10.3 Å². The number of pyridine rings is 1. The van der Waals surface area contributed by atoms with Crippen LogP contribution in [0.5, 0.6) is 5.88 Å². The van der Waals surface area contributed by atoms with Crippen LogP contribution in [0.4, 0.5) is 19.3 Å². The van der Waals surface area contributed by atoms with Crippen molar-refractivity contribution in [2.45, 2.75) is 32.1 Å². The number of aromatic nitrogens is 1. The van der Waals surface area contributed by atoms with Crippen LogP contribution in [-0.2, 0) is 11.2 Å². The first kappa shape index (κ1) is 21.7. The Morgan fingerprint density at radius 1 is 1.23 bits per heavy atom. The number of fused-ring (bicyclic) bond motifs is 1. The maximum Gasteiger partial charge on any atom is 0.408 e. The Hall–Kier alpha value is -3.01. The van der Waals surface area contributed by atoms with E-state index in [1.807, 2.05) is 19.6 Å². The van der Waals surface area contributed by atoms with Crippen LogP contribution in [0.1, 0.15) is 17.3 Å². The molecule has 1 aliphatic rings. The van der Waals surface area contributed by atoms with Crippen LogP contribution in [0.2, 0.25) is 19.6 Å². The summed E-state index contributed by atoms with van der Waals surface area (Å²) in [6.07, 6.45) is -0.959. The van der Waals surface area contributed by atoms with E-state index in [0.29, 0.717) is 23.6 Å². The van der Waals surface area contributed by atoms with Gasteiger partial charge in [0, 0.05) is 35.5 Å². The van der Waals surface area contributed by atoms with Gasteiger partial charge in [-0.15, -0.1) is 0 Å². The van der Waals surface area contributed by atoms with Gasteiger partial charge in [-0.3, -0.25) is 9.69 Å². The van der Waals surface area contributed by atoms with Gasteiger partial charge in [0.1, 0.15) is 17.7 Å². The topological polar surface area (TPSA) is 91.8 Å². The van der Waals surface area contributed by atoms with Gasteiger partial charge in [0.2, 0.25) is 5.88 Å². The molecule has 7 nitrogen and oxygen atoms in total. The van der Waals surface area contributed by atoms with Crippen LogP contribution in [0.25, 0.3) is 0 Å². The van der Waals surface area contributed by atoms with Crippen molar-refractivity contribution in [3.05, 3.63) is 47.2 Å². The van der Waals surface area contributed by atoms with Crippen LogP contribution in [0.3, 0.4) is 0 Å². The second-order valence-electron chi connectivity index (χ2n) is 8.07. The lowest BCUT2D eigenvalue weighted by Crippen LogP contribution is -2.45. The fraction of sp³-hybridized carbons (Fsp3) is 0.350. The number of carbonyl (C=O) groups excluding carboxylic acids is 1. The number of hydrogen-bond acceptors (Lipinski definition) is 4. The van der Waals surface area contributed by atoms with E-state index in [1.54, 1.807) is 6.07 Å². The highest BCUT2D eigenvalue weighted by Gasteiger charge is 2.37. The van der Waals surface area contributed by atoms with Gasteiger partial charge in [-0.1, -0.05) is 19.6 Å². The fourth-order valence-electron chi connectivity index (χ4n) is 3.64. The number of methoxy groups -OCH3 is 1. The molecule has 0 saturated heterocycles. The summed E-state index contributed by atoms with van der Waals surface area (Å²) in [6, 6.07) is 4.04. The Morgan fingerprint density at radius 3 is 2.40 bits per heavy atom. The van der Waals surface area contributed by atoms with Crippen molar-refractivity contribution >= 4 is 30.9 Å². The summed E-state index contributed by atoms with van der Waals surface area (Å²) in [4.78, 5) is 30.0. The molecule has 2 amide bonds. The second-order valence-corrected chi connectivity index (χ2v) is 13.1. The van der Waals surface area contributed by atoms with E-state index in [1.165, 1.54) is 13.2 Å². The zero-order chi connectivity index (χ0) is 22.2. The fourth-order valence-corrected chi connectivity index (χ4v) is 5.22. The number of anilines is 1. The predicted octanol–water partition coefficient (Wildman–Crippen LogP) is 3.13. The summed E-state index contributed by atoms with van der Waals surface area (Å²) in [5.41, 5.74) is 0.871. The molecule has 3 rings (SSSR count). The Morgan fingerprint density at radius 2 is 1.87 bits per heavy atom. The summed E-state index contributed by atoms with van der Waals surface area (Å²) in [5.74, 6) is -1.82. The first-order valence-corrected chi connectivity index (χ1v) is 12.9. The van der Waals surface area contributed by atoms with Crippen molar-refractivity contribution < 1.29 is 28.2 Å². The highest BCUT2D eigenvalue weighted by atomic mass is 28.3. The van der Waals surface area contributed by atoms with Gasteiger partial charge in [0.25, 0.3) is 5.91 Å². The highest BCUT2D eigenvalue weighted by Crippen LogP contribution is 2.31. The lowest BCUT2D eigenvalue weighted by molar-refractivity contribution is -0.121. The molecule has 0 radical (unpaired) electrons. The van der Waals surface area contributed by atoms with E-state index in [0.717, 1.165) is 17.0 Å². The molecular weight excluding hydrogens is 412 g/mol. The van der Waals surface area contributed by atoms with Gasteiger partial charge in [-0.05, 0) is 18.2 Å². The molecule has 2 heterocycles. The number of ether oxygens (including phenoxy) is 1. The zero-order valence-electron chi connectivity index (χ0n) is 17.1. The van der Waals surface area contributed by atoms with E-state index in [4.69, 9.17) is 4.74 Å². The Kier molecular flexibility index (Phi) is 5.80. The first-order valence-electron chi connectivity index (χ1n) is 9.36. The Labute approximate surface area is 173 Å². The Bertz CT molecular complexity index is 987. The Balaban J connectivity index is 1.96. The van der Waals surface area contributed by atoms with E-state index in [-0.39, 0.29) is 17.4 Å². The largest absolute Gasteiger partial charge is 0.481 e. The maximum absolute atomic E-state index is 14.5. The molecule has 0 saturated carbocycles. The standard InChI is InChI=1S/C20H23F2N3O4Si/c1-29-16-6-5-12-15(24-16)7-8-25(20(27)28)17(12)19(26)23-11-9-13(21)18(14(22)10-11)30(2,3)4/h5-6,9-10,17H,7-8H2,1-4H3,(H,23,26)(H,27,28)/t17-/m0/s1. The van der Waals surface area contributed by atoms with Crippen LogP contribution >= 0.6 is 0 Å². The molecule has 0 fully saturated rings. The number of halogens is 2. The van der Waals surface area contributed by atoms with Gasteiger partial charge in [0.05, 0.1) is 20.9 Å². The van der Waals surface area contributed by atoms with Crippen LogP contribution in [-0.4, -0.2) is 48.7 Å². The van der Waals surface area contributed by atoms with Gasteiger partial charge < -0.3 is 15.2 Å². The van der Waals surface area contributed by atoms with Crippen molar-refractivity contribution in [2.75, 3.05) is 19.0 Å². The number of nitrogens with one attached hydrogen (secondary N) is 1. The molecule has 1 aromatic heterocycles. The molecule has 1 atom stereocenters. The summed E-state index contributed by atoms with van der Waals surface area (Å²) < 4.78 is 34.2. The van der Waals surface area contributed by atoms with Crippen molar-refractivity contribution in [2.24, 2.45) is 0 Å². The van der Waals surface area contributed by atoms with Crippen molar-refractivity contribution in [1.29, 1.82) is 0 Å². The second kappa shape index (κ2) is 8.02. The number of carboxylic acid groups (broad SMARTS) is 1. The third-order valence-corrected chi connectivity index (χ3v) is 6.92. The third kappa shape index (κ3) is 4.13. The van der Waals surface area contributed by atoms with E-state index < -0.39 is 37.8 Å². The molecule has 0 unspecified atom stereocenters. The monoisotopic (exact) mass is 435 g/mol. The summed E-state index contributed by atoms with van der Waals surface area (Å²) in [7, 11) is -0.812. The van der Waals surface area contributed by atoms with Crippen LogP contribution in [0, 0.1) is 11.6 Å². The summed E-state index contributed by atoms with van der Waals surface area (Å²) >= 11 is 0. The number of rotatable bonds is 4. The summed E-state index contributed by atoms with van der Waals surface area (Å²) in [6.45, 7) is 5.50. The van der Waals surface area contributed by atoms with Crippen LogP contribution < -0.4 is 15.2 Å². The van der Waals surface area contributed by atoms with Crippen LogP contribution in [0.15, 0.2) is 24.3 Å². The van der Waals surface area contributed by atoms with Gasteiger partial charge >= 0.3 is 6.09 Å². The normalized spacial score (nSPS) is 16.1. The molecule has 1 aliphatic heterocycles. The quantitative estimate of drug-likeness (QED) is 0.720. The molecule has 2 N–H and O–H groups in total. The average Bonchev–Trinajstić information content (AvgIpc) is 2.64. The molecule has 0 aliphatic carbocycles. The summed E-state index contributed by atoms with van der Waals surface area (Å²) in [5, 5.41) is 12.1. The number of hydrogen-bond donors (Lipinski definition) is 2. The van der Waals surface area contributed by atoms with Crippen molar-refractivity contribution in [1.82, 2.24) is 9.88 Å². The number of nitrogens with zero attached hydrogens (tertiary/aromatic N) is 2. The van der Waals surface area contributed by atoms with E-state index >= 15 is 0 Å². The molecule has 1 aromatic carbocycles. The zero-order valence-corrected chi connectivity index (χ0v) is 18.1. The molecule has 30 heavy (non-hydrogen) atoms. The predicted molar refractivity (Wildman–Crippen MR) is 110 cm³/mol. The molecular formula is C20H23F2N3O4Si. The number of benzene rings is 1. The lowest BCUT2D eigenvalue weighted by Gasteiger charge is -2.33. The number of amides is 2. The lowest BCUT2D eigenvalue weighted by atomic mass is 9.96. The van der Waals surface area contributed by atoms with E-state index in [9.17, 15) is 23.5 Å². The van der Waals surface area contributed by atoms with Gasteiger partial charge in [-0.2, -0.15) is 0 Å². The minimum atomic E-state index is -2.27. The average molecular weight is 436 g/mol. The third-order valence-electron chi connectivity index (χ3n) is 4.94. The highest BCUT2D eigenvalue weighted by molar-refractivity contribution is 6.88.